The second-order valence-electron chi connectivity index (χ2n) is 6.89. The summed E-state index contributed by atoms with van der Waals surface area (Å²) in [6.07, 6.45) is 1.06. The van der Waals surface area contributed by atoms with E-state index >= 15 is 0 Å². The van der Waals surface area contributed by atoms with Gasteiger partial charge in [-0.15, -0.1) is 0 Å². The molecule has 0 amide bonds. The summed E-state index contributed by atoms with van der Waals surface area (Å²) in [6.45, 7) is 14.5. The van der Waals surface area contributed by atoms with Gasteiger partial charge in [-0.1, -0.05) is 37.3 Å². The van der Waals surface area contributed by atoms with Crippen molar-refractivity contribution in [2.45, 2.75) is 78.7 Å². The number of benzene rings is 1. The largest absolute Gasteiger partial charge is 0.506 e. The molecule has 22 heavy (non-hydrogen) atoms. The fourth-order valence-corrected chi connectivity index (χ4v) is 5.80. The second-order valence-corrected chi connectivity index (χ2v) is 9.29. The van der Waals surface area contributed by atoms with E-state index in [1.807, 2.05) is 45.9 Å². The first kappa shape index (κ1) is 19.4. The van der Waals surface area contributed by atoms with Gasteiger partial charge in [-0.05, 0) is 53.5 Å². The Balaban J connectivity index is 3.12. The standard InChI is InChI=1S/C18H32O3Si/c1-8-18(6,7)21-22(19-15(2)3,20-16(4)5)14-17-12-10-9-11-13-17/h9-13,15-16H,8,14H2,1-7H3. The van der Waals surface area contributed by atoms with Crippen molar-refractivity contribution in [1.82, 2.24) is 0 Å². The maximum atomic E-state index is 6.49. The molecule has 0 aliphatic heterocycles. The topological polar surface area (TPSA) is 27.7 Å². The van der Waals surface area contributed by atoms with Crippen molar-refractivity contribution in [3.05, 3.63) is 35.9 Å². The summed E-state index contributed by atoms with van der Waals surface area (Å²) in [5.41, 5.74) is 0.937. The number of hydrogen-bond donors (Lipinski definition) is 0. The van der Waals surface area contributed by atoms with Gasteiger partial charge in [0.15, 0.2) is 0 Å². The van der Waals surface area contributed by atoms with Crippen molar-refractivity contribution in [1.29, 1.82) is 0 Å². The molecule has 0 fully saturated rings. The maximum absolute atomic E-state index is 6.49. The first-order valence-electron chi connectivity index (χ1n) is 8.28. The summed E-state index contributed by atoms with van der Waals surface area (Å²) in [4.78, 5) is 0. The first-order chi connectivity index (χ1) is 10.2. The molecule has 0 bridgehead atoms. The van der Waals surface area contributed by atoms with Crippen molar-refractivity contribution < 1.29 is 13.3 Å². The van der Waals surface area contributed by atoms with E-state index < -0.39 is 8.80 Å². The highest BCUT2D eigenvalue weighted by Crippen LogP contribution is 2.28. The quantitative estimate of drug-likeness (QED) is 0.613. The Bertz CT molecular complexity index is 419. The molecule has 0 saturated carbocycles. The van der Waals surface area contributed by atoms with Crippen LogP contribution in [-0.4, -0.2) is 26.6 Å². The molecule has 1 rings (SSSR count). The summed E-state index contributed by atoms with van der Waals surface area (Å²) in [7, 11) is -2.82. The van der Waals surface area contributed by atoms with E-state index in [-0.39, 0.29) is 17.8 Å². The van der Waals surface area contributed by atoms with Crippen LogP contribution >= 0.6 is 0 Å². The summed E-state index contributed by atoms with van der Waals surface area (Å²) >= 11 is 0. The van der Waals surface area contributed by atoms with Gasteiger partial charge in [0.25, 0.3) is 0 Å². The molecule has 0 N–H and O–H groups in total. The van der Waals surface area contributed by atoms with Crippen LogP contribution in [0.5, 0.6) is 0 Å². The molecule has 126 valence electrons. The minimum atomic E-state index is -2.82. The van der Waals surface area contributed by atoms with Gasteiger partial charge >= 0.3 is 8.80 Å². The zero-order valence-corrected chi connectivity index (χ0v) is 16.2. The van der Waals surface area contributed by atoms with E-state index in [4.69, 9.17) is 13.3 Å². The summed E-state index contributed by atoms with van der Waals surface area (Å²) in [5, 5.41) is 0. The lowest BCUT2D eigenvalue weighted by molar-refractivity contribution is -0.0391. The van der Waals surface area contributed by atoms with Crippen LogP contribution in [0.4, 0.5) is 0 Å². The van der Waals surface area contributed by atoms with E-state index in [1.54, 1.807) is 0 Å². The molecule has 4 heteroatoms. The Hall–Kier alpha value is -0.683. The Morgan fingerprint density at radius 1 is 0.955 bits per heavy atom. The van der Waals surface area contributed by atoms with Crippen LogP contribution in [0.25, 0.3) is 0 Å². The third-order valence-electron chi connectivity index (χ3n) is 3.38. The Labute approximate surface area is 137 Å². The summed E-state index contributed by atoms with van der Waals surface area (Å²) in [6, 6.07) is 11.0. The van der Waals surface area contributed by atoms with E-state index in [2.05, 4.69) is 32.9 Å². The molecule has 0 aromatic heterocycles. The Kier molecular flexibility index (Phi) is 7.26. The van der Waals surface area contributed by atoms with Gasteiger partial charge in [0.1, 0.15) is 0 Å². The summed E-state index contributed by atoms with van der Waals surface area (Å²) < 4.78 is 19.1. The number of rotatable bonds is 9. The van der Waals surface area contributed by atoms with Crippen LogP contribution in [0, 0.1) is 0 Å². The average Bonchev–Trinajstić information content (AvgIpc) is 2.37. The zero-order valence-electron chi connectivity index (χ0n) is 15.2. The van der Waals surface area contributed by atoms with E-state index in [0.717, 1.165) is 6.42 Å². The highest BCUT2D eigenvalue weighted by Gasteiger charge is 2.47. The molecular formula is C18H32O3Si. The third kappa shape index (κ3) is 6.61. The predicted octanol–water partition coefficient (Wildman–Crippen LogP) is 4.76. The zero-order chi connectivity index (χ0) is 16.8. The minimum absolute atomic E-state index is 0.0711. The molecule has 0 spiro atoms. The lowest BCUT2D eigenvalue weighted by atomic mass is 10.1. The molecule has 1 aromatic carbocycles. The third-order valence-corrected chi connectivity index (χ3v) is 6.74. The molecule has 0 radical (unpaired) electrons. The van der Waals surface area contributed by atoms with E-state index in [0.29, 0.717) is 6.04 Å². The fraction of sp³-hybridized carbons (Fsp3) is 0.667. The van der Waals surface area contributed by atoms with Crippen molar-refractivity contribution >= 4 is 8.80 Å². The lowest BCUT2D eigenvalue weighted by Crippen LogP contribution is -2.55. The molecule has 0 heterocycles. The van der Waals surface area contributed by atoms with Gasteiger partial charge < -0.3 is 13.3 Å². The van der Waals surface area contributed by atoms with Crippen molar-refractivity contribution in [3.63, 3.8) is 0 Å². The summed E-state index contributed by atoms with van der Waals surface area (Å²) in [5.74, 6) is 0. The van der Waals surface area contributed by atoms with Gasteiger partial charge in [0, 0.05) is 18.3 Å². The Morgan fingerprint density at radius 3 is 1.86 bits per heavy atom. The van der Waals surface area contributed by atoms with Gasteiger partial charge in [-0.3, -0.25) is 0 Å². The molecule has 0 unspecified atom stereocenters. The smallest absolute Gasteiger partial charge is 0.371 e. The fourth-order valence-electron chi connectivity index (χ4n) is 2.25. The van der Waals surface area contributed by atoms with Gasteiger partial charge in [0.2, 0.25) is 0 Å². The second kappa shape index (κ2) is 8.25. The van der Waals surface area contributed by atoms with Crippen LogP contribution in [0.3, 0.4) is 0 Å². The first-order valence-corrected chi connectivity index (χ1v) is 10.2. The van der Waals surface area contributed by atoms with Crippen LogP contribution in [0.2, 0.25) is 0 Å². The van der Waals surface area contributed by atoms with Crippen LogP contribution in [0.15, 0.2) is 30.3 Å². The van der Waals surface area contributed by atoms with Crippen molar-refractivity contribution in [3.8, 4) is 0 Å². The van der Waals surface area contributed by atoms with Crippen LogP contribution in [-0.2, 0) is 19.3 Å². The molecule has 3 nitrogen and oxygen atoms in total. The molecule has 0 saturated heterocycles. The minimum Gasteiger partial charge on any atom is -0.371 e. The monoisotopic (exact) mass is 324 g/mol. The van der Waals surface area contributed by atoms with Crippen LogP contribution in [0.1, 0.15) is 60.5 Å². The Morgan fingerprint density at radius 2 is 1.45 bits per heavy atom. The van der Waals surface area contributed by atoms with Gasteiger partial charge in [-0.2, -0.15) is 0 Å². The van der Waals surface area contributed by atoms with E-state index in [1.165, 1.54) is 5.56 Å². The van der Waals surface area contributed by atoms with E-state index in [9.17, 15) is 0 Å². The average molecular weight is 325 g/mol. The molecular weight excluding hydrogens is 292 g/mol. The molecule has 0 aliphatic rings. The van der Waals surface area contributed by atoms with Crippen molar-refractivity contribution in [2.24, 2.45) is 0 Å². The van der Waals surface area contributed by atoms with Crippen LogP contribution < -0.4 is 0 Å². The normalized spacial score (nSPS) is 13.1. The molecule has 1 aromatic rings. The molecule has 0 aliphatic carbocycles. The molecule has 0 atom stereocenters. The van der Waals surface area contributed by atoms with Crippen molar-refractivity contribution in [2.75, 3.05) is 0 Å². The SMILES string of the molecule is CCC(C)(C)O[Si](Cc1ccccc1)(OC(C)C)OC(C)C. The number of hydrogen-bond acceptors (Lipinski definition) is 3. The maximum Gasteiger partial charge on any atom is 0.506 e. The highest BCUT2D eigenvalue weighted by molar-refractivity contribution is 6.60. The lowest BCUT2D eigenvalue weighted by Gasteiger charge is -2.39. The van der Waals surface area contributed by atoms with Gasteiger partial charge in [0.05, 0.1) is 5.60 Å². The van der Waals surface area contributed by atoms with Gasteiger partial charge in [-0.25, -0.2) is 0 Å². The highest BCUT2D eigenvalue weighted by atomic mass is 28.4. The predicted molar refractivity (Wildman–Crippen MR) is 93.8 cm³/mol.